The van der Waals surface area contributed by atoms with Gasteiger partial charge in [-0.25, -0.2) is 0 Å². The summed E-state index contributed by atoms with van der Waals surface area (Å²) in [6, 6.07) is 12.5. The maximum absolute atomic E-state index is 5.74. The molecule has 0 unspecified atom stereocenters. The van der Waals surface area contributed by atoms with Gasteiger partial charge in [-0.05, 0) is 61.6 Å². The molecule has 0 radical (unpaired) electrons. The number of aryl methyl sites for hydroxylation is 1. The van der Waals surface area contributed by atoms with Gasteiger partial charge < -0.3 is 9.47 Å². The van der Waals surface area contributed by atoms with E-state index in [4.69, 9.17) is 9.47 Å². The van der Waals surface area contributed by atoms with Crippen molar-refractivity contribution >= 4 is 0 Å². The first-order chi connectivity index (χ1) is 13.8. The van der Waals surface area contributed by atoms with Crippen molar-refractivity contribution in [3.8, 4) is 17.0 Å². The summed E-state index contributed by atoms with van der Waals surface area (Å²) in [5.74, 6) is 0.930. The largest absolute Gasteiger partial charge is 0.494 e. The zero-order chi connectivity index (χ0) is 19.9. The van der Waals surface area contributed by atoms with E-state index in [2.05, 4.69) is 43.1 Å². The number of pyridine rings is 1. The smallest absolute Gasteiger partial charge is 0.119 e. The zero-order valence-electron chi connectivity index (χ0n) is 17.8. The van der Waals surface area contributed by atoms with Crippen LogP contribution in [0.25, 0.3) is 11.3 Å². The molecule has 2 rings (SSSR count). The average Bonchev–Trinajstić information content (AvgIpc) is 2.74. The number of nitrogens with zero attached hydrogens (tertiary/aromatic N) is 1. The molecule has 0 aliphatic carbocycles. The van der Waals surface area contributed by atoms with Crippen molar-refractivity contribution in [3.05, 3.63) is 48.2 Å². The van der Waals surface area contributed by atoms with E-state index >= 15 is 0 Å². The second-order valence-electron chi connectivity index (χ2n) is 7.41. The van der Waals surface area contributed by atoms with Gasteiger partial charge in [0.05, 0.1) is 12.3 Å². The first kappa shape index (κ1) is 22.4. The Morgan fingerprint density at radius 2 is 1.46 bits per heavy atom. The third kappa shape index (κ3) is 8.88. The van der Waals surface area contributed by atoms with Crippen LogP contribution in [-0.4, -0.2) is 24.8 Å². The van der Waals surface area contributed by atoms with Crippen LogP contribution in [0.15, 0.2) is 42.6 Å². The first-order valence-electron chi connectivity index (χ1n) is 11.1. The summed E-state index contributed by atoms with van der Waals surface area (Å²) in [7, 11) is 0. The molecule has 28 heavy (non-hydrogen) atoms. The molecule has 0 N–H and O–H groups in total. The van der Waals surface area contributed by atoms with Crippen molar-refractivity contribution in [1.29, 1.82) is 0 Å². The summed E-state index contributed by atoms with van der Waals surface area (Å²) in [4.78, 5) is 4.63. The fourth-order valence-corrected chi connectivity index (χ4v) is 3.09. The minimum atomic E-state index is 0.783. The fraction of sp³-hybridized carbons (Fsp3) is 0.560. The molecule has 0 aliphatic heterocycles. The first-order valence-corrected chi connectivity index (χ1v) is 11.1. The highest BCUT2D eigenvalue weighted by atomic mass is 16.5. The van der Waals surface area contributed by atoms with Gasteiger partial charge in [0.15, 0.2) is 0 Å². The van der Waals surface area contributed by atoms with Crippen molar-refractivity contribution < 1.29 is 9.47 Å². The van der Waals surface area contributed by atoms with E-state index in [1.54, 1.807) is 0 Å². The fourth-order valence-electron chi connectivity index (χ4n) is 3.09. The lowest BCUT2D eigenvalue weighted by Gasteiger charge is -2.07. The van der Waals surface area contributed by atoms with Gasteiger partial charge in [0.2, 0.25) is 0 Å². The third-order valence-electron chi connectivity index (χ3n) is 4.89. The van der Waals surface area contributed by atoms with Crippen molar-refractivity contribution in [1.82, 2.24) is 4.98 Å². The van der Waals surface area contributed by atoms with E-state index in [0.29, 0.717) is 0 Å². The number of hydrogen-bond donors (Lipinski definition) is 0. The topological polar surface area (TPSA) is 31.4 Å². The molecule has 0 spiro atoms. The van der Waals surface area contributed by atoms with Crippen molar-refractivity contribution in [2.24, 2.45) is 0 Å². The maximum Gasteiger partial charge on any atom is 0.119 e. The summed E-state index contributed by atoms with van der Waals surface area (Å²) in [5, 5.41) is 0. The summed E-state index contributed by atoms with van der Waals surface area (Å²) in [6.45, 7) is 6.95. The van der Waals surface area contributed by atoms with Crippen LogP contribution < -0.4 is 4.74 Å². The molecule has 0 saturated carbocycles. The summed E-state index contributed by atoms with van der Waals surface area (Å²) in [5.41, 5.74) is 3.41. The Bertz CT molecular complexity index is 622. The SMILES string of the molecule is CCCCCCCOCCCc1ccc(-c2ccc(OCCCC)cc2)nc1. The van der Waals surface area contributed by atoms with E-state index in [0.717, 1.165) is 62.5 Å². The van der Waals surface area contributed by atoms with Crippen molar-refractivity contribution in [2.75, 3.05) is 19.8 Å². The Balaban J connectivity index is 1.66. The highest BCUT2D eigenvalue weighted by Crippen LogP contribution is 2.21. The molecule has 0 atom stereocenters. The molecule has 0 bridgehead atoms. The minimum Gasteiger partial charge on any atom is -0.494 e. The maximum atomic E-state index is 5.74. The highest BCUT2D eigenvalue weighted by molar-refractivity contribution is 5.60. The Morgan fingerprint density at radius 3 is 2.18 bits per heavy atom. The second-order valence-corrected chi connectivity index (χ2v) is 7.41. The van der Waals surface area contributed by atoms with Crippen molar-refractivity contribution in [3.63, 3.8) is 0 Å². The molecule has 0 saturated heterocycles. The van der Waals surface area contributed by atoms with Gasteiger partial charge in [0.25, 0.3) is 0 Å². The van der Waals surface area contributed by atoms with Crippen LogP contribution >= 0.6 is 0 Å². The zero-order valence-corrected chi connectivity index (χ0v) is 17.8. The molecule has 1 aromatic heterocycles. The Morgan fingerprint density at radius 1 is 0.714 bits per heavy atom. The van der Waals surface area contributed by atoms with Crippen LogP contribution in [0.1, 0.15) is 70.8 Å². The molecule has 0 aliphatic rings. The number of rotatable bonds is 15. The lowest BCUT2D eigenvalue weighted by atomic mass is 10.1. The molecule has 0 fully saturated rings. The standard InChI is InChI=1S/C25H37NO2/c1-3-5-7-8-9-18-27-19-10-11-22-12-17-25(26-21-22)23-13-15-24(16-14-23)28-20-6-4-2/h12-17,21H,3-11,18-20H2,1-2H3. The van der Waals surface area contributed by atoms with E-state index in [1.165, 1.54) is 37.7 Å². The van der Waals surface area contributed by atoms with Crippen LogP contribution in [0.4, 0.5) is 0 Å². The van der Waals surface area contributed by atoms with Gasteiger partial charge in [-0.1, -0.05) is 52.0 Å². The van der Waals surface area contributed by atoms with Gasteiger partial charge in [-0.15, -0.1) is 0 Å². The van der Waals surface area contributed by atoms with Gasteiger partial charge >= 0.3 is 0 Å². The van der Waals surface area contributed by atoms with Crippen LogP contribution in [0, 0.1) is 0 Å². The summed E-state index contributed by atoms with van der Waals surface area (Å²) in [6.07, 6.45) is 12.8. The molecule has 154 valence electrons. The van der Waals surface area contributed by atoms with Gasteiger partial charge in [-0.3, -0.25) is 4.98 Å². The number of unbranched alkanes of at least 4 members (excludes halogenated alkanes) is 5. The molecule has 1 heterocycles. The lowest BCUT2D eigenvalue weighted by Crippen LogP contribution is -1.99. The van der Waals surface area contributed by atoms with Crippen LogP contribution in [0.3, 0.4) is 0 Å². The Kier molecular flexibility index (Phi) is 11.3. The quantitative estimate of drug-likeness (QED) is 0.315. The minimum absolute atomic E-state index is 0.783. The third-order valence-corrected chi connectivity index (χ3v) is 4.89. The van der Waals surface area contributed by atoms with Gasteiger partial charge in [-0.2, -0.15) is 0 Å². The molecular weight excluding hydrogens is 346 g/mol. The molecule has 3 nitrogen and oxygen atoms in total. The number of benzene rings is 1. The normalized spacial score (nSPS) is 10.9. The second kappa shape index (κ2) is 14.2. The van der Waals surface area contributed by atoms with Crippen LogP contribution in [0.5, 0.6) is 5.75 Å². The molecule has 3 heteroatoms. The number of ether oxygens (including phenoxy) is 2. The van der Waals surface area contributed by atoms with Crippen LogP contribution in [0.2, 0.25) is 0 Å². The monoisotopic (exact) mass is 383 g/mol. The van der Waals surface area contributed by atoms with E-state index in [9.17, 15) is 0 Å². The van der Waals surface area contributed by atoms with E-state index in [-0.39, 0.29) is 0 Å². The van der Waals surface area contributed by atoms with Crippen LogP contribution in [-0.2, 0) is 11.2 Å². The van der Waals surface area contributed by atoms with Gasteiger partial charge in [0.1, 0.15) is 5.75 Å². The Labute approximate surface area is 171 Å². The number of aromatic nitrogens is 1. The van der Waals surface area contributed by atoms with Gasteiger partial charge in [0, 0.05) is 25.0 Å². The number of hydrogen-bond acceptors (Lipinski definition) is 3. The predicted molar refractivity (Wildman–Crippen MR) is 118 cm³/mol. The predicted octanol–water partition coefficient (Wildman–Crippen LogP) is 6.85. The average molecular weight is 384 g/mol. The molecule has 2 aromatic rings. The molecule has 0 amide bonds. The van der Waals surface area contributed by atoms with E-state index in [1.807, 2.05) is 18.3 Å². The lowest BCUT2D eigenvalue weighted by molar-refractivity contribution is 0.127. The molecule has 1 aromatic carbocycles. The Hall–Kier alpha value is -1.87. The van der Waals surface area contributed by atoms with E-state index < -0.39 is 0 Å². The highest BCUT2D eigenvalue weighted by Gasteiger charge is 2.02. The summed E-state index contributed by atoms with van der Waals surface area (Å²) >= 11 is 0. The summed E-state index contributed by atoms with van der Waals surface area (Å²) < 4.78 is 11.5. The van der Waals surface area contributed by atoms with Crippen molar-refractivity contribution in [2.45, 2.75) is 71.6 Å². The molecular formula is C25H37NO2.